The van der Waals surface area contributed by atoms with Crippen molar-refractivity contribution in [2.24, 2.45) is 0 Å². The Hall–Kier alpha value is -4.08. The van der Waals surface area contributed by atoms with E-state index < -0.39 is 5.82 Å². The fourth-order valence-corrected chi connectivity index (χ4v) is 6.60. The number of likely N-dealkylation sites (N-methyl/N-ethyl adjacent to an activating group) is 1. The molecule has 7 nitrogen and oxygen atoms in total. The standard InChI is InChI=1S/C32H31FN4O3S/c1-20-8-5-11-24(33)29(20)35-31(38)27-18-21-15-16-37(26-13-4-3-10-23(26)30(21)41-27)32(39)25-12-6-14-28(34-25)36(2)19-22-9-7-17-40-22/h3-6,8,10-14,18,22H,7,9,15-17,19H2,1-2H3,(H,35,38)/t22-/m0/s1. The summed E-state index contributed by atoms with van der Waals surface area (Å²) in [6, 6.07) is 19.8. The molecule has 210 valence electrons. The highest BCUT2D eigenvalue weighted by atomic mass is 32.1. The van der Waals surface area contributed by atoms with Crippen molar-refractivity contribution in [1.29, 1.82) is 0 Å². The molecule has 2 aromatic carbocycles. The van der Waals surface area contributed by atoms with Crippen molar-refractivity contribution in [2.45, 2.75) is 32.3 Å². The minimum atomic E-state index is -0.466. The number of rotatable bonds is 6. The van der Waals surface area contributed by atoms with Crippen LogP contribution in [0.25, 0.3) is 10.4 Å². The van der Waals surface area contributed by atoms with Crippen LogP contribution in [0.15, 0.2) is 66.7 Å². The van der Waals surface area contributed by atoms with Crippen LogP contribution in [-0.4, -0.2) is 49.6 Å². The lowest BCUT2D eigenvalue weighted by atomic mass is 10.1. The zero-order chi connectivity index (χ0) is 28.5. The summed E-state index contributed by atoms with van der Waals surface area (Å²) in [6.45, 7) is 3.72. The summed E-state index contributed by atoms with van der Waals surface area (Å²) in [5.74, 6) is -0.260. The SMILES string of the molecule is Cc1cccc(F)c1NC(=O)c1cc2c(s1)-c1ccccc1N(C(=O)c1cccc(N(C)C[C@@H]3CCCO3)n1)CC2. The Balaban J connectivity index is 1.26. The van der Waals surface area contributed by atoms with E-state index in [0.717, 1.165) is 53.5 Å². The van der Waals surface area contributed by atoms with Gasteiger partial charge < -0.3 is 19.9 Å². The average Bonchev–Trinajstić information content (AvgIpc) is 3.63. The first-order valence-corrected chi connectivity index (χ1v) is 14.6. The van der Waals surface area contributed by atoms with E-state index in [1.165, 1.54) is 17.4 Å². The number of halogens is 1. The normalized spacial score (nSPS) is 16.1. The molecule has 0 bridgehead atoms. The number of aryl methyl sites for hydroxylation is 1. The van der Waals surface area contributed by atoms with Crippen LogP contribution in [0.4, 0.5) is 21.6 Å². The number of para-hydroxylation sites is 2. The van der Waals surface area contributed by atoms with E-state index in [9.17, 15) is 14.0 Å². The van der Waals surface area contributed by atoms with Crippen molar-refractivity contribution in [3.05, 3.63) is 94.2 Å². The molecule has 9 heteroatoms. The predicted octanol–water partition coefficient (Wildman–Crippen LogP) is 6.33. The summed E-state index contributed by atoms with van der Waals surface area (Å²) in [5.41, 5.74) is 3.86. The van der Waals surface area contributed by atoms with Crippen LogP contribution >= 0.6 is 11.3 Å². The minimum Gasteiger partial charge on any atom is -0.376 e. The fourth-order valence-electron chi connectivity index (χ4n) is 5.46. The number of nitrogens with one attached hydrogen (secondary N) is 1. The molecule has 2 aromatic heterocycles. The molecule has 0 saturated carbocycles. The van der Waals surface area contributed by atoms with Crippen molar-refractivity contribution in [3.63, 3.8) is 0 Å². The average molecular weight is 571 g/mol. The van der Waals surface area contributed by atoms with Crippen molar-refractivity contribution >= 4 is 40.3 Å². The van der Waals surface area contributed by atoms with Gasteiger partial charge in [-0.05, 0) is 67.6 Å². The number of carbonyl (C=O) groups is 2. The molecule has 1 N–H and O–H groups in total. The van der Waals surface area contributed by atoms with Crippen molar-refractivity contribution < 1.29 is 18.7 Å². The van der Waals surface area contributed by atoms with E-state index in [0.29, 0.717) is 29.1 Å². The van der Waals surface area contributed by atoms with Gasteiger partial charge in [-0.3, -0.25) is 9.59 Å². The number of hydrogen-bond donors (Lipinski definition) is 1. The third-order valence-corrected chi connectivity index (χ3v) is 8.84. The number of thiophene rings is 1. The van der Waals surface area contributed by atoms with Crippen LogP contribution in [0.1, 0.15) is 44.1 Å². The molecule has 2 aliphatic heterocycles. The molecule has 41 heavy (non-hydrogen) atoms. The zero-order valence-electron chi connectivity index (χ0n) is 23.0. The molecule has 6 rings (SSSR count). The number of benzene rings is 2. The van der Waals surface area contributed by atoms with Crippen molar-refractivity contribution in [3.8, 4) is 10.4 Å². The number of ether oxygens (including phenoxy) is 1. The van der Waals surface area contributed by atoms with Crippen LogP contribution in [0.5, 0.6) is 0 Å². The summed E-state index contributed by atoms with van der Waals surface area (Å²) >= 11 is 1.35. The maximum Gasteiger partial charge on any atom is 0.276 e. The highest BCUT2D eigenvalue weighted by Crippen LogP contribution is 2.42. The number of hydrogen-bond acceptors (Lipinski definition) is 6. The first kappa shape index (κ1) is 27.1. The van der Waals surface area contributed by atoms with Gasteiger partial charge in [-0.1, -0.05) is 36.4 Å². The Morgan fingerprint density at radius 1 is 1.15 bits per heavy atom. The van der Waals surface area contributed by atoms with Gasteiger partial charge in [0.05, 0.1) is 22.4 Å². The van der Waals surface area contributed by atoms with Gasteiger partial charge in [0.15, 0.2) is 0 Å². The van der Waals surface area contributed by atoms with Gasteiger partial charge in [0.2, 0.25) is 0 Å². The Labute approximate surface area is 242 Å². The lowest BCUT2D eigenvalue weighted by Crippen LogP contribution is -2.34. The third kappa shape index (κ3) is 5.47. The van der Waals surface area contributed by atoms with Gasteiger partial charge in [-0.15, -0.1) is 11.3 Å². The van der Waals surface area contributed by atoms with E-state index in [-0.39, 0.29) is 23.6 Å². The van der Waals surface area contributed by atoms with Crippen LogP contribution in [0.3, 0.4) is 0 Å². The summed E-state index contributed by atoms with van der Waals surface area (Å²) in [5, 5.41) is 2.74. The van der Waals surface area contributed by atoms with Gasteiger partial charge in [-0.2, -0.15) is 0 Å². The lowest BCUT2D eigenvalue weighted by Gasteiger charge is -2.24. The molecule has 0 aliphatic carbocycles. The number of anilines is 3. The smallest absolute Gasteiger partial charge is 0.276 e. The van der Waals surface area contributed by atoms with Gasteiger partial charge >= 0.3 is 0 Å². The highest BCUT2D eigenvalue weighted by molar-refractivity contribution is 7.17. The number of nitrogens with zero attached hydrogens (tertiary/aromatic N) is 3. The topological polar surface area (TPSA) is 74.8 Å². The molecule has 1 fully saturated rings. The first-order chi connectivity index (χ1) is 19.9. The molecular formula is C32H31FN4O3S. The molecule has 1 atom stereocenters. The van der Waals surface area contributed by atoms with Crippen LogP contribution < -0.4 is 15.1 Å². The van der Waals surface area contributed by atoms with Gasteiger partial charge in [0, 0.05) is 37.2 Å². The number of carbonyl (C=O) groups excluding carboxylic acids is 2. The molecule has 0 radical (unpaired) electrons. The van der Waals surface area contributed by atoms with E-state index in [4.69, 9.17) is 9.72 Å². The molecule has 4 aromatic rings. The zero-order valence-corrected chi connectivity index (χ0v) is 23.8. The summed E-state index contributed by atoms with van der Waals surface area (Å²) in [4.78, 5) is 37.0. The maximum absolute atomic E-state index is 14.4. The molecule has 1 saturated heterocycles. The van der Waals surface area contributed by atoms with Gasteiger partial charge in [-0.25, -0.2) is 9.37 Å². The maximum atomic E-state index is 14.4. The second kappa shape index (κ2) is 11.4. The number of fused-ring (bicyclic) bond motifs is 3. The Morgan fingerprint density at radius 2 is 1.98 bits per heavy atom. The predicted molar refractivity (Wildman–Crippen MR) is 161 cm³/mol. The number of aromatic nitrogens is 1. The van der Waals surface area contributed by atoms with Crippen LogP contribution in [0, 0.1) is 12.7 Å². The highest BCUT2D eigenvalue weighted by Gasteiger charge is 2.29. The Kier molecular flexibility index (Phi) is 7.55. The largest absolute Gasteiger partial charge is 0.376 e. The molecule has 2 amide bonds. The molecule has 4 heterocycles. The third-order valence-electron chi connectivity index (χ3n) is 7.63. The summed E-state index contributed by atoms with van der Waals surface area (Å²) in [7, 11) is 1.97. The number of pyridine rings is 1. The minimum absolute atomic E-state index is 0.173. The molecule has 2 aliphatic rings. The molecular weight excluding hydrogens is 539 g/mol. The summed E-state index contributed by atoms with van der Waals surface area (Å²) < 4.78 is 20.1. The van der Waals surface area contributed by atoms with E-state index >= 15 is 0 Å². The van der Waals surface area contributed by atoms with Crippen LogP contribution in [0.2, 0.25) is 0 Å². The van der Waals surface area contributed by atoms with E-state index in [1.807, 2.05) is 54.4 Å². The van der Waals surface area contributed by atoms with Crippen molar-refractivity contribution in [1.82, 2.24) is 4.98 Å². The van der Waals surface area contributed by atoms with Crippen molar-refractivity contribution in [2.75, 3.05) is 41.9 Å². The lowest BCUT2D eigenvalue weighted by molar-refractivity contribution is 0.0981. The van der Waals surface area contributed by atoms with E-state index in [1.54, 1.807) is 30.0 Å². The second-order valence-electron chi connectivity index (χ2n) is 10.5. The van der Waals surface area contributed by atoms with Gasteiger partial charge in [0.1, 0.15) is 17.3 Å². The first-order valence-electron chi connectivity index (χ1n) is 13.8. The quantitative estimate of drug-likeness (QED) is 0.293. The number of amides is 2. The molecule has 0 spiro atoms. The Bertz CT molecular complexity index is 1590. The fraction of sp³-hybridized carbons (Fsp3) is 0.281. The van der Waals surface area contributed by atoms with Crippen LogP contribution in [-0.2, 0) is 11.2 Å². The summed E-state index contributed by atoms with van der Waals surface area (Å²) in [6.07, 6.45) is 2.85. The second-order valence-corrected chi connectivity index (χ2v) is 11.5. The van der Waals surface area contributed by atoms with E-state index in [2.05, 4.69) is 5.32 Å². The van der Waals surface area contributed by atoms with Gasteiger partial charge in [0.25, 0.3) is 11.8 Å². The Morgan fingerprint density at radius 3 is 2.78 bits per heavy atom. The monoisotopic (exact) mass is 570 g/mol. The molecule has 0 unspecified atom stereocenters.